The van der Waals surface area contributed by atoms with Gasteiger partial charge in [-0.3, -0.25) is 0 Å². The van der Waals surface area contributed by atoms with Crippen LogP contribution in [0.3, 0.4) is 0 Å². The molecule has 4 nitrogen and oxygen atoms in total. The molecule has 0 aromatic carbocycles. The molecule has 0 spiro atoms. The second kappa shape index (κ2) is 5.91. The van der Waals surface area contributed by atoms with E-state index in [9.17, 15) is 4.79 Å². The summed E-state index contributed by atoms with van der Waals surface area (Å²) in [6.07, 6.45) is 3.32. The molecule has 2 atom stereocenters. The van der Waals surface area contributed by atoms with Gasteiger partial charge in [0.25, 0.3) is 0 Å². The van der Waals surface area contributed by atoms with Crippen LogP contribution in [0.2, 0.25) is 0 Å². The summed E-state index contributed by atoms with van der Waals surface area (Å²) < 4.78 is 5.38. The largest absolute Gasteiger partial charge is 0.379 e. The minimum Gasteiger partial charge on any atom is -0.379 e. The predicted molar refractivity (Wildman–Crippen MR) is 73.6 cm³/mol. The van der Waals surface area contributed by atoms with Gasteiger partial charge in [0.1, 0.15) is 0 Å². The highest BCUT2D eigenvalue weighted by atomic mass is 16.5. The zero-order chi connectivity index (χ0) is 13.9. The molecule has 106 valence electrons. The maximum Gasteiger partial charge on any atom is 0.317 e. The fourth-order valence-electron chi connectivity index (χ4n) is 2.26. The van der Waals surface area contributed by atoms with Gasteiger partial charge in [-0.25, -0.2) is 4.79 Å². The van der Waals surface area contributed by atoms with E-state index in [-0.39, 0.29) is 17.7 Å². The van der Waals surface area contributed by atoms with Crippen LogP contribution in [0.5, 0.6) is 0 Å². The topological polar surface area (TPSA) is 41.6 Å². The van der Waals surface area contributed by atoms with E-state index < -0.39 is 0 Å². The number of nitrogens with zero attached hydrogens (tertiary/aromatic N) is 1. The van der Waals surface area contributed by atoms with Crippen LogP contribution in [0.4, 0.5) is 4.79 Å². The lowest BCUT2D eigenvalue weighted by molar-refractivity contribution is 0.00909. The van der Waals surface area contributed by atoms with E-state index in [4.69, 9.17) is 4.74 Å². The first-order chi connectivity index (χ1) is 8.26. The van der Waals surface area contributed by atoms with Crippen LogP contribution in [0, 0.1) is 5.92 Å². The van der Waals surface area contributed by atoms with E-state index in [0.29, 0.717) is 12.0 Å². The molecule has 1 aliphatic rings. The maximum absolute atomic E-state index is 12.1. The third kappa shape index (κ3) is 4.48. The van der Waals surface area contributed by atoms with Gasteiger partial charge in [-0.1, -0.05) is 0 Å². The molecule has 0 saturated heterocycles. The average molecular weight is 256 g/mol. The van der Waals surface area contributed by atoms with Crippen molar-refractivity contribution in [2.45, 2.75) is 64.6 Å². The van der Waals surface area contributed by atoms with Gasteiger partial charge in [0.2, 0.25) is 0 Å². The first kappa shape index (κ1) is 15.3. The van der Waals surface area contributed by atoms with Crippen LogP contribution in [0.15, 0.2) is 0 Å². The van der Waals surface area contributed by atoms with Gasteiger partial charge in [0, 0.05) is 26.2 Å². The van der Waals surface area contributed by atoms with E-state index in [0.717, 1.165) is 6.42 Å². The molecule has 4 heteroatoms. The molecule has 1 fully saturated rings. The number of carbonyl (C=O) groups excluding carboxylic acids is 1. The lowest BCUT2D eigenvalue weighted by Gasteiger charge is -2.30. The number of rotatable bonds is 6. The molecule has 0 bridgehead atoms. The lowest BCUT2D eigenvalue weighted by Crippen LogP contribution is -2.48. The second-order valence-electron chi connectivity index (χ2n) is 6.21. The molecule has 0 radical (unpaired) electrons. The van der Waals surface area contributed by atoms with Crippen LogP contribution in [0.25, 0.3) is 0 Å². The number of urea groups is 1. The molecule has 0 aromatic rings. The van der Waals surface area contributed by atoms with E-state index >= 15 is 0 Å². The fraction of sp³-hybridized carbons (Fsp3) is 0.929. The van der Waals surface area contributed by atoms with Gasteiger partial charge >= 0.3 is 6.03 Å². The number of nitrogens with one attached hydrogen (secondary N) is 1. The molecule has 1 saturated carbocycles. The lowest BCUT2D eigenvalue weighted by atomic mass is 10.00. The minimum absolute atomic E-state index is 0.0220. The van der Waals surface area contributed by atoms with Crippen LogP contribution in [0.1, 0.15) is 47.0 Å². The molecule has 0 aromatic heterocycles. The van der Waals surface area contributed by atoms with Gasteiger partial charge in [-0.05, 0) is 52.9 Å². The summed E-state index contributed by atoms with van der Waals surface area (Å²) >= 11 is 0. The Labute approximate surface area is 111 Å². The first-order valence-corrected chi connectivity index (χ1v) is 6.85. The van der Waals surface area contributed by atoms with Gasteiger partial charge in [0.15, 0.2) is 0 Å². The molecule has 0 unspecified atom stereocenters. The highest BCUT2D eigenvalue weighted by molar-refractivity contribution is 5.74. The SMILES string of the molecule is COC(C)(C)C[C@@H](C)NC(=O)N(C)[C@H](C)C1CC1. The number of ether oxygens (including phenoxy) is 1. The van der Waals surface area contributed by atoms with Crippen molar-refractivity contribution in [1.29, 1.82) is 0 Å². The summed E-state index contributed by atoms with van der Waals surface area (Å²) in [6.45, 7) is 8.22. The molecule has 1 aliphatic carbocycles. The number of amides is 2. The van der Waals surface area contributed by atoms with Crippen molar-refractivity contribution < 1.29 is 9.53 Å². The van der Waals surface area contributed by atoms with Gasteiger partial charge in [-0.2, -0.15) is 0 Å². The molecule has 1 rings (SSSR count). The van der Waals surface area contributed by atoms with Crippen LogP contribution >= 0.6 is 0 Å². The second-order valence-corrected chi connectivity index (χ2v) is 6.21. The molecular formula is C14H28N2O2. The van der Waals surface area contributed by atoms with Crippen molar-refractivity contribution in [2.75, 3.05) is 14.2 Å². The normalized spacial score (nSPS) is 19.2. The summed E-state index contributed by atoms with van der Waals surface area (Å²) in [5, 5.41) is 3.04. The summed E-state index contributed by atoms with van der Waals surface area (Å²) in [6, 6.07) is 0.475. The molecule has 0 heterocycles. The van der Waals surface area contributed by atoms with Crippen molar-refractivity contribution in [3.05, 3.63) is 0 Å². The quantitative estimate of drug-likeness (QED) is 0.793. The smallest absolute Gasteiger partial charge is 0.317 e. The molecule has 18 heavy (non-hydrogen) atoms. The Kier molecular flexibility index (Phi) is 5.02. The van der Waals surface area contributed by atoms with Crippen molar-refractivity contribution >= 4 is 6.03 Å². The molecule has 0 aliphatic heterocycles. The highest BCUT2D eigenvalue weighted by Crippen LogP contribution is 2.34. The number of hydrogen-bond acceptors (Lipinski definition) is 2. The predicted octanol–water partition coefficient (Wildman–Crippen LogP) is 2.63. The molecule has 2 amide bonds. The number of hydrogen-bond donors (Lipinski definition) is 1. The van der Waals surface area contributed by atoms with Gasteiger partial charge < -0.3 is 15.0 Å². The third-order valence-corrected chi connectivity index (χ3v) is 3.96. The van der Waals surface area contributed by atoms with Crippen molar-refractivity contribution in [3.63, 3.8) is 0 Å². The standard InChI is InChI=1S/C14H28N2O2/c1-10(9-14(3,4)18-6)15-13(17)16(5)11(2)12-7-8-12/h10-12H,7-9H2,1-6H3,(H,15,17)/t10-,11-/m1/s1. The van der Waals surface area contributed by atoms with Crippen LogP contribution in [-0.4, -0.2) is 42.8 Å². The Morgan fingerprint density at radius 3 is 2.44 bits per heavy atom. The van der Waals surface area contributed by atoms with Crippen LogP contribution < -0.4 is 5.32 Å². The maximum atomic E-state index is 12.1. The summed E-state index contributed by atoms with van der Waals surface area (Å²) in [5.41, 5.74) is -0.201. The van der Waals surface area contributed by atoms with Gasteiger partial charge in [-0.15, -0.1) is 0 Å². The highest BCUT2D eigenvalue weighted by Gasteiger charge is 2.33. The molecular weight excluding hydrogens is 228 g/mol. The summed E-state index contributed by atoms with van der Waals surface area (Å²) in [4.78, 5) is 13.9. The van der Waals surface area contributed by atoms with Crippen LogP contribution in [-0.2, 0) is 4.74 Å². The van der Waals surface area contributed by atoms with Crippen molar-refractivity contribution in [3.8, 4) is 0 Å². The third-order valence-electron chi connectivity index (χ3n) is 3.96. The minimum atomic E-state index is -0.201. The summed E-state index contributed by atoms with van der Waals surface area (Å²) in [7, 11) is 3.59. The Morgan fingerprint density at radius 1 is 1.44 bits per heavy atom. The van der Waals surface area contributed by atoms with Gasteiger partial charge in [0.05, 0.1) is 5.60 Å². The van der Waals surface area contributed by atoms with E-state index in [2.05, 4.69) is 12.2 Å². The number of carbonyl (C=O) groups is 1. The van der Waals surface area contributed by atoms with Crippen molar-refractivity contribution in [1.82, 2.24) is 10.2 Å². The zero-order valence-corrected chi connectivity index (χ0v) is 12.6. The van der Waals surface area contributed by atoms with Crippen molar-refractivity contribution in [2.24, 2.45) is 5.92 Å². The van der Waals surface area contributed by atoms with E-state index in [1.807, 2.05) is 32.7 Å². The Morgan fingerprint density at radius 2 is 2.00 bits per heavy atom. The Bertz CT molecular complexity index is 288. The zero-order valence-electron chi connectivity index (χ0n) is 12.6. The average Bonchev–Trinajstić information content (AvgIpc) is 3.09. The first-order valence-electron chi connectivity index (χ1n) is 6.85. The Balaban J connectivity index is 2.38. The van der Waals surface area contributed by atoms with E-state index in [1.165, 1.54) is 12.8 Å². The fourth-order valence-corrected chi connectivity index (χ4v) is 2.26. The van der Waals surface area contributed by atoms with E-state index in [1.54, 1.807) is 7.11 Å². The number of methoxy groups -OCH3 is 1. The monoisotopic (exact) mass is 256 g/mol. The summed E-state index contributed by atoms with van der Waals surface area (Å²) in [5.74, 6) is 0.700. The Hall–Kier alpha value is -0.770. The molecule has 1 N–H and O–H groups in total.